The number of hydrogen-bond acceptors (Lipinski definition) is 7. The Labute approximate surface area is 111 Å². The fourth-order valence-corrected chi connectivity index (χ4v) is 1.65. The second-order valence-electron chi connectivity index (χ2n) is 3.68. The Morgan fingerprint density at radius 2 is 1.95 bits per heavy atom. The van der Waals surface area contributed by atoms with E-state index in [0.29, 0.717) is 0 Å². The molecule has 0 spiro atoms. The van der Waals surface area contributed by atoms with E-state index in [4.69, 9.17) is 5.11 Å². The minimum atomic E-state index is -1.27. The number of nitro benzene ring substituents is 2. The lowest BCUT2D eigenvalue weighted by molar-refractivity contribution is -0.396. The second-order valence-corrected chi connectivity index (χ2v) is 3.68. The van der Waals surface area contributed by atoms with E-state index in [2.05, 4.69) is 4.74 Å². The number of nitro groups is 2. The normalized spacial score (nSPS) is 10.1. The Morgan fingerprint density at radius 3 is 2.35 bits per heavy atom. The lowest BCUT2D eigenvalue weighted by Gasteiger charge is -2.08. The van der Waals surface area contributed by atoms with E-state index >= 15 is 0 Å². The highest BCUT2D eigenvalue weighted by atomic mass is 16.6. The van der Waals surface area contributed by atoms with Crippen LogP contribution < -0.4 is 4.74 Å². The maximum absolute atomic E-state index is 11.0. The molecule has 0 unspecified atom stereocenters. The molecule has 0 radical (unpaired) electrons. The van der Waals surface area contributed by atoms with Crippen LogP contribution in [0.3, 0.4) is 0 Å². The number of carboxylic acids is 1. The molecule has 0 fully saturated rings. The molecule has 1 rings (SSSR count). The minimum absolute atomic E-state index is 0.428. The first kappa shape index (κ1) is 15.1. The number of ether oxygens (including phenoxy) is 1. The molecule has 1 aromatic rings. The largest absolute Gasteiger partial charge is 0.500 e. The van der Waals surface area contributed by atoms with Gasteiger partial charge in [0.1, 0.15) is 5.56 Å². The molecule has 0 aromatic heterocycles. The molecule has 10 heteroatoms. The highest BCUT2D eigenvalue weighted by Gasteiger charge is 2.32. The second kappa shape index (κ2) is 5.82. The number of phenols is 1. The standard InChI is InChI=1S/C10H10N2O8/c1-20-7-4-6(11(16)17)5(2-3-8(13)14)9(10(7)15)12(18)19/h4,15H,2-3H2,1H3,(H,13,14). The van der Waals surface area contributed by atoms with Crippen LogP contribution in [-0.4, -0.2) is 33.1 Å². The van der Waals surface area contributed by atoms with Crippen molar-refractivity contribution in [2.24, 2.45) is 0 Å². The van der Waals surface area contributed by atoms with Crippen LogP contribution in [0.2, 0.25) is 0 Å². The van der Waals surface area contributed by atoms with Crippen LogP contribution >= 0.6 is 0 Å². The minimum Gasteiger partial charge on any atom is -0.500 e. The molecule has 1 aromatic carbocycles. The third-order valence-corrected chi connectivity index (χ3v) is 2.51. The van der Waals surface area contributed by atoms with E-state index in [1.165, 1.54) is 0 Å². The molecular formula is C10H10N2O8. The van der Waals surface area contributed by atoms with Gasteiger partial charge in [0.25, 0.3) is 5.69 Å². The van der Waals surface area contributed by atoms with Crippen molar-refractivity contribution in [1.82, 2.24) is 0 Å². The van der Waals surface area contributed by atoms with E-state index in [1.54, 1.807) is 0 Å². The summed E-state index contributed by atoms with van der Waals surface area (Å²) < 4.78 is 4.63. The molecular weight excluding hydrogens is 276 g/mol. The van der Waals surface area contributed by atoms with Crippen molar-refractivity contribution in [3.05, 3.63) is 31.9 Å². The van der Waals surface area contributed by atoms with Crippen LogP contribution in [0.5, 0.6) is 11.5 Å². The molecule has 0 atom stereocenters. The van der Waals surface area contributed by atoms with E-state index in [-0.39, 0.29) is 0 Å². The van der Waals surface area contributed by atoms with Gasteiger partial charge in [-0.25, -0.2) is 0 Å². The summed E-state index contributed by atoms with van der Waals surface area (Å²) in [6.45, 7) is 0. The van der Waals surface area contributed by atoms with Crippen molar-refractivity contribution < 1.29 is 29.6 Å². The molecule has 0 heterocycles. The number of carboxylic acid groups (broad SMARTS) is 1. The van der Waals surface area contributed by atoms with E-state index < -0.39 is 57.1 Å². The summed E-state index contributed by atoms with van der Waals surface area (Å²) >= 11 is 0. The first-order valence-corrected chi connectivity index (χ1v) is 5.23. The third-order valence-electron chi connectivity index (χ3n) is 2.51. The molecule has 20 heavy (non-hydrogen) atoms. The van der Waals surface area contributed by atoms with Crippen molar-refractivity contribution >= 4 is 17.3 Å². The molecule has 0 saturated heterocycles. The highest BCUT2D eigenvalue weighted by molar-refractivity contribution is 5.71. The Hall–Kier alpha value is -2.91. The molecule has 2 N–H and O–H groups in total. The van der Waals surface area contributed by atoms with Gasteiger partial charge in [-0.2, -0.15) is 0 Å². The number of methoxy groups -OCH3 is 1. The lowest BCUT2D eigenvalue weighted by atomic mass is 10.0. The quantitative estimate of drug-likeness (QED) is 0.584. The summed E-state index contributed by atoms with van der Waals surface area (Å²) in [5.74, 6) is -2.57. The average Bonchev–Trinajstić information content (AvgIpc) is 2.35. The lowest BCUT2D eigenvalue weighted by Crippen LogP contribution is -2.06. The van der Waals surface area contributed by atoms with Crippen LogP contribution in [0.15, 0.2) is 6.07 Å². The van der Waals surface area contributed by atoms with E-state index in [1.807, 2.05) is 0 Å². The zero-order chi connectivity index (χ0) is 15.4. The van der Waals surface area contributed by atoms with Gasteiger partial charge in [-0.1, -0.05) is 0 Å². The number of aliphatic carboxylic acids is 1. The van der Waals surface area contributed by atoms with E-state index in [9.17, 15) is 30.1 Å². The smallest absolute Gasteiger partial charge is 0.324 e. The number of nitrogens with zero attached hydrogens (tertiary/aromatic N) is 2. The van der Waals surface area contributed by atoms with Gasteiger partial charge < -0.3 is 14.9 Å². The maximum atomic E-state index is 11.0. The number of rotatable bonds is 6. The summed E-state index contributed by atoms with van der Waals surface area (Å²) in [5, 5.41) is 40.1. The van der Waals surface area contributed by atoms with Gasteiger partial charge in [-0.05, 0) is 6.42 Å². The maximum Gasteiger partial charge on any atom is 0.324 e. The van der Waals surface area contributed by atoms with Gasteiger partial charge in [0.15, 0.2) is 5.75 Å². The van der Waals surface area contributed by atoms with Crippen molar-refractivity contribution in [3.63, 3.8) is 0 Å². The number of phenolic OH excluding ortho intramolecular Hbond substituents is 1. The summed E-state index contributed by atoms with van der Waals surface area (Å²) in [6.07, 6.45) is -1.01. The zero-order valence-electron chi connectivity index (χ0n) is 10.2. The van der Waals surface area contributed by atoms with Gasteiger partial charge in [0.2, 0.25) is 5.75 Å². The predicted molar refractivity (Wildman–Crippen MR) is 63.9 cm³/mol. The third kappa shape index (κ3) is 2.91. The van der Waals surface area contributed by atoms with E-state index in [0.717, 1.165) is 13.2 Å². The van der Waals surface area contributed by atoms with Crippen molar-refractivity contribution in [2.75, 3.05) is 7.11 Å². The fraction of sp³-hybridized carbons (Fsp3) is 0.300. The first-order chi connectivity index (χ1) is 9.29. The van der Waals surface area contributed by atoms with Gasteiger partial charge in [0.05, 0.1) is 23.0 Å². The first-order valence-electron chi connectivity index (χ1n) is 5.23. The van der Waals surface area contributed by atoms with Crippen LogP contribution in [0.1, 0.15) is 12.0 Å². The molecule has 0 aliphatic rings. The number of aromatic hydroxyl groups is 1. The number of carbonyl (C=O) groups is 1. The van der Waals surface area contributed by atoms with Crippen molar-refractivity contribution in [1.29, 1.82) is 0 Å². The Balaban J connectivity index is 3.56. The molecule has 0 bridgehead atoms. The topological polar surface area (TPSA) is 153 Å². The summed E-state index contributed by atoms with van der Waals surface area (Å²) in [7, 11) is 1.08. The Bertz CT molecular complexity index is 583. The molecule has 10 nitrogen and oxygen atoms in total. The molecule has 108 valence electrons. The molecule has 0 aliphatic heterocycles. The zero-order valence-corrected chi connectivity index (χ0v) is 10.2. The molecule has 0 amide bonds. The van der Waals surface area contributed by atoms with Crippen molar-refractivity contribution in [3.8, 4) is 11.5 Å². The van der Waals surface area contributed by atoms with Crippen LogP contribution in [-0.2, 0) is 11.2 Å². The number of hydrogen-bond donors (Lipinski definition) is 2. The number of benzene rings is 1. The molecule has 0 aliphatic carbocycles. The van der Waals surface area contributed by atoms with Gasteiger partial charge in [0, 0.05) is 6.42 Å². The van der Waals surface area contributed by atoms with Crippen LogP contribution in [0.25, 0.3) is 0 Å². The van der Waals surface area contributed by atoms with Crippen molar-refractivity contribution in [2.45, 2.75) is 12.8 Å². The summed E-state index contributed by atoms with van der Waals surface area (Å²) in [4.78, 5) is 30.5. The Morgan fingerprint density at radius 1 is 1.35 bits per heavy atom. The summed E-state index contributed by atoms with van der Waals surface area (Å²) in [5.41, 5.74) is -2.05. The summed E-state index contributed by atoms with van der Waals surface area (Å²) in [6, 6.07) is 0.819. The van der Waals surface area contributed by atoms with Crippen LogP contribution in [0, 0.1) is 20.2 Å². The monoisotopic (exact) mass is 286 g/mol. The Kier molecular flexibility index (Phi) is 4.41. The van der Waals surface area contributed by atoms with Gasteiger partial charge in [-0.15, -0.1) is 0 Å². The fourth-order valence-electron chi connectivity index (χ4n) is 1.65. The predicted octanol–water partition coefficient (Wildman–Crippen LogP) is 1.23. The average molecular weight is 286 g/mol. The molecule has 0 saturated carbocycles. The van der Waals surface area contributed by atoms with Gasteiger partial charge >= 0.3 is 11.7 Å². The van der Waals surface area contributed by atoms with Crippen LogP contribution in [0.4, 0.5) is 11.4 Å². The highest BCUT2D eigenvalue weighted by Crippen LogP contribution is 2.44. The van der Waals surface area contributed by atoms with Gasteiger partial charge in [-0.3, -0.25) is 25.0 Å². The SMILES string of the molecule is COc1cc([N+](=O)[O-])c(CCC(=O)O)c([N+](=O)[O-])c1O.